The zero-order valence-corrected chi connectivity index (χ0v) is 7.98. The maximum Gasteiger partial charge on any atom is 0.343 e. The smallest absolute Gasteiger partial charge is 0.343 e. The third-order valence-electron chi connectivity index (χ3n) is 1.47. The Kier molecular flexibility index (Phi) is 3.22. The van der Waals surface area contributed by atoms with E-state index >= 15 is 0 Å². The van der Waals surface area contributed by atoms with Crippen LogP contribution in [0.2, 0.25) is 0 Å². The standard InChI is InChI=1S/C8H11N3O3/c1-3-14-7(12)5-4-10-8(13-2)11-6(5)9/h4H,3H2,1-2H3,(H2,9,10,11). The van der Waals surface area contributed by atoms with Crippen LogP contribution in [0.5, 0.6) is 6.01 Å². The van der Waals surface area contributed by atoms with Crippen LogP contribution in [0.15, 0.2) is 6.20 Å². The number of hydrogen-bond acceptors (Lipinski definition) is 6. The third kappa shape index (κ3) is 2.09. The van der Waals surface area contributed by atoms with Crippen molar-refractivity contribution in [1.82, 2.24) is 9.97 Å². The van der Waals surface area contributed by atoms with Crippen molar-refractivity contribution in [3.63, 3.8) is 0 Å². The fraction of sp³-hybridized carbons (Fsp3) is 0.375. The Labute approximate surface area is 81.1 Å². The van der Waals surface area contributed by atoms with Gasteiger partial charge < -0.3 is 15.2 Å². The summed E-state index contributed by atoms with van der Waals surface area (Å²) in [6.45, 7) is 1.99. The molecule has 0 aliphatic carbocycles. The molecular formula is C8H11N3O3. The van der Waals surface area contributed by atoms with Gasteiger partial charge in [0.25, 0.3) is 0 Å². The van der Waals surface area contributed by atoms with Crippen LogP contribution in [-0.2, 0) is 4.74 Å². The monoisotopic (exact) mass is 197 g/mol. The van der Waals surface area contributed by atoms with Crippen LogP contribution >= 0.6 is 0 Å². The predicted molar refractivity (Wildman–Crippen MR) is 49.0 cm³/mol. The van der Waals surface area contributed by atoms with Gasteiger partial charge in [0.15, 0.2) is 0 Å². The molecule has 0 aromatic carbocycles. The van der Waals surface area contributed by atoms with E-state index in [0.29, 0.717) is 0 Å². The molecule has 14 heavy (non-hydrogen) atoms. The molecule has 0 aliphatic heterocycles. The molecule has 0 saturated carbocycles. The fourth-order valence-electron chi connectivity index (χ4n) is 0.843. The van der Waals surface area contributed by atoms with Crippen molar-refractivity contribution in [2.45, 2.75) is 6.92 Å². The van der Waals surface area contributed by atoms with E-state index in [1.54, 1.807) is 6.92 Å². The van der Waals surface area contributed by atoms with Crippen molar-refractivity contribution < 1.29 is 14.3 Å². The summed E-state index contributed by atoms with van der Waals surface area (Å²) < 4.78 is 9.48. The molecule has 0 amide bonds. The first-order valence-corrected chi connectivity index (χ1v) is 4.02. The summed E-state index contributed by atoms with van der Waals surface area (Å²) in [4.78, 5) is 18.7. The van der Waals surface area contributed by atoms with E-state index in [1.807, 2.05) is 0 Å². The molecule has 0 bridgehead atoms. The fourth-order valence-corrected chi connectivity index (χ4v) is 0.843. The number of carbonyl (C=O) groups is 1. The zero-order chi connectivity index (χ0) is 10.6. The molecule has 0 aliphatic rings. The summed E-state index contributed by atoms with van der Waals surface area (Å²) in [5.41, 5.74) is 5.64. The van der Waals surface area contributed by atoms with Gasteiger partial charge in [0.2, 0.25) is 0 Å². The first kappa shape index (κ1) is 10.2. The van der Waals surface area contributed by atoms with Gasteiger partial charge in [-0.15, -0.1) is 0 Å². The third-order valence-corrected chi connectivity index (χ3v) is 1.47. The summed E-state index contributed by atoms with van der Waals surface area (Å²) >= 11 is 0. The highest BCUT2D eigenvalue weighted by Crippen LogP contribution is 2.12. The van der Waals surface area contributed by atoms with Crippen LogP contribution < -0.4 is 10.5 Å². The highest BCUT2D eigenvalue weighted by Gasteiger charge is 2.13. The molecule has 76 valence electrons. The lowest BCUT2D eigenvalue weighted by atomic mass is 10.3. The molecule has 0 unspecified atom stereocenters. The van der Waals surface area contributed by atoms with Crippen molar-refractivity contribution in [1.29, 1.82) is 0 Å². The molecule has 0 fully saturated rings. The lowest BCUT2D eigenvalue weighted by molar-refractivity contribution is 0.0526. The lowest BCUT2D eigenvalue weighted by Crippen LogP contribution is -2.10. The summed E-state index contributed by atoms with van der Waals surface area (Å²) in [5, 5.41) is 0. The highest BCUT2D eigenvalue weighted by atomic mass is 16.5. The van der Waals surface area contributed by atoms with E-state index in [2.05, 4.69) is 9.97 Å². The summed E-state index contributed by atoms with van der Waals surface area (Å²) in [6.07, 6.45) is 1.28. The van der Waals surface area contributed by atoms with Gasteiger partial charge in [0, 0.05) is 0 Å². The minimum absolute atomic E-state index is 0.0512. The number of nitrogens with two attached hydrogens (primary N) is 1. The van der Waals surface area contributed by atoms with Gasteiger partial charge in [0.1, 0.15) is 11.4 Å². The van der Waals surface area contributed by atoms with Crippen LogP contribution in [-0.4, -0.2) is 29.7 Å². The average Bonchev–Trinajstić information content (AvgIpc) is 2.17. The number of rotatable bonds is 3. The number of methoxy groups -OCH3 is 1. The minimum atomic E-state index is -0.535. The van der Waals surface area contributed by atoms with E-state index in [1.165, 1.54) is 13.3 Å². The van der Waals surface area contributed by atoms with Gasteiger partial charge in [-0.05, 0) is 6.92 Å². The van der Waals surface area contributed by atoms with Crippen LogP contribution in [0.4, 0.5) is 5.82 Å². The van der Waals surface area contributed by atoms with Gasteiger partial charge in [-0.3, -0.25) is 0 Å². The Bertz CT molecular complexity index is 341. The Balaban J connectivity index is 2.94. The number of nitrogens with zero attached hydrogens (tertiary/aromatic N) is 2. The average molecular weight is 197 g/mol. The van der Waals surface area contributed by atoms with E-state index in [0.717, 1.165) is 0 Å². The first-order valence-electron chi connectivity index (χ1n) is 4.02. The van der Waals surface area contributed by atoms with Gasteiger partial charge in [-0.1, -0.05) is 0 Å². The zero-order valence-electron chi connectivity index (χ0n) is 7.98. The maximum absolute atomic E-state index is 11.2. The molecule has 1 heterocycles. The molecule has 6 nitrogen and oxygen atoms in total. The Morgan fingerprint density at radius 3 is 2.86 bits per heavy atom. The van der Waals surface area contributed by atoms with E-state index < -0.39 is 5.97 Å². The Morgan fingerprint density at radius 2 is 2.36 bits per heavy atom. The number of hydrogen-bond donors (Lipinski definition) is 1. The van der Waals surface area contributed by atoms with E-state index in [4.69, 9.17) is 15.2 Å². The number of anilines is 1. The summed E-state index contributed by atoms with van der Waals surface area (Å²) in [5.74, 6) is -0.483. The highest BCUT2D eigenvalue weighted by molar-refractivity contribution is 5.93. The molecule has 0 saturated heterocycles. The SMILES string of the molecule is CCOC(=O)c1cnc(OC)nc1N. The van der Waals surface area contributed by atoms with Gasteiger partial charge in [0.05, 0.1) is 19.9 Å². The lowest BCUT2D eigenvalue weighted by Gasteiger charge is -2.04. The van der Waals surface area contributed by atoms with Crippen LogP contribution in [0, 0.1) is 0 Å². The second-order valence-corrected chi connectivity index (χ2v) is 2.38. The first-order chi connectivity index (χ1) is 6.69. The van der Waals surface area contributed by atoms with Crippen molar-refractivity contribution in [2.24, 2.45) is 0 Å². The van der Waals surface area contributed by atoms with Gasteiger partial charge in [-0.25, -0.2) is 9.78 Å². The van der Waals surface area contributed by atoms with E-state index in [-0.39, 0.29) is 24.0 Å². The van der Waals surface area contributed by atoms with Crippen LogP contribution in [0.25, 0.3) is 0 Å². The van der Waals surface area contributed by atoms with Crippen molar-refractivity contribution >= 4 is 11.8 Å². The summed E-state index contributed by atoms with van der Waals surface area (Å²) in [6, 6.07) is 0.121. The molecule has 6 heteroatoms. The second kappa shape index (κ2) is 4.40. The maximum atomic E-state index is 11.2. The van der Waals surface area contributed by atoms with Crippen LogP contribution in [0.1, 0.15) is 17.3 Å². The quantitative estimate of drug-likeness (QED) is 0.698. The number of ether oxygens (including phenoxy) is 2. The number of carbonyl (C=O) groups excluding carboxylic acids is 1. The topological polar surface area (TPSA) is 87.3 Å². The van der Waals surface area contributed by atoms with Crippen LogP contribution in [0.3, 0.4) is 0 Å². The van der Waals surface area contributed by atoms with E-state index in [9.17, 15) is 4.79 Å². The van der Waals surface area contributed by atoms with Gasteiger partial charge >= 0.3 is 12.0 Å². The van der Waals surface area contributed by atoms with Crippen molar-refractivity contribution in [3.05, 3.63) is 11.8 Å². The molecule has 1 rings (SSSR count). The normalized spacial score (nSPS) is 9.57. The largest absolute Gasteiger partial charge is 0.467 e. The second-order valence-electron chi connectivity index (χ2n) is 2.38. The molecule has 1 aromatic heterocycles. The molecule has 0 spiro atoms. The van der Waals surface area contributed by atoms with Gasteiger partial charge in [-0.2, -0.15) is 4.98 Å². The molecule has 1 aromatic rings. The Hall–Kier alpha value is -1.85. The predicted octanol–water partition coefficient (Wildman–Crippen LogP) is 0.244. The Morgan fingerprint density at radius 1 is 1.64 bits per heavy atom. The molecule has 0 atom stereocenters. The van der Waals surface area contributed by atoms with Crippen molar-refractivity contribution in [3.8, 4) is 6.01 Å². The number of esters is 1. The number of aromatic nitrogens is 2. The molecule has 2 N–H and O–H groups in total. The minimum Gasteiger partial charge on any atom is -0.467 e. The summed E-state index contributed by atoms with van der Waals surface area (Å²) in [7, 11) is 1.42. The number of nitrogen functional groups attached to an aromatic ring is 1. The molecule has 0 radical (unpaired) electrons. The van der Waals surface area contributed by atoms with Crippen molar-refractivity contribution in [2.75, 3.05) is 19.5 Å². The molecular weight excluding hydrogens is 186 g/mol.